The third kappa shape index (κ3) is 8.08. The normalized spacial score (nSPS) is 11.5. The van der Waals surface area contributed by atoms with Crippen LogP contribution >= 0.6 is 0 Å². The molecule has 10 nitrogen and oxygen atoms in total. The van der Waals surface area contributed by atoms with Crippen molar-refractivity contribution in [2.75, 3.05) is 4.72 Å². The maximum Gasteiger partial charge on any atom is 0.490 e. The second kappa shape index (κ2) is 14.6. The maximum absolute atomic E-state index is 13.6. The number of sulfonamides is 1. The van der Waals surface area contributed by atoms with E-state index in [1.165, 1.54) is 0 Å². The third-order valence-corrected chi connectivity index (χ3v) is 9.64. The topological polar surface area (TPSA) is 180 Å². The van der Waals surface area contributed by atoms with Gasteiger partial charge in [0, 0.05) is 22.4 Å². The van der Waals surface area contributed by atoms with Crippen LogP contribution in [0.2, 0.25) is 0 Å². The predicted molar refractivity (Wildman–Crippen MR) is 200 cm³/mol. The fourth-order valence-corrected chi connectivity index (χ4v) is 6.75. The number of carboxylic acid groups (broad SMARTS) is 2. The molecule has 7 rings (SSSR count). The minimum atomic E-state index is -5.08. The molecule has 0 fully saturated rings. The first kappa shape index (κ1) is 36.8. The van der Waals surface area contributed by atoms with E-state index in [-0.39, 0.29) is 22.0 Å². The highest BCUT2D eigenvalue weighted by Gasteiger charge is 2.38. The van der Waals surface area contributed by atoms with Crippen molar-refractivity contribution in [2.24, 2.45) is 5.73 Å². The van der Waals surface area contributed by atoms with Gasteiger partial charge in [0.05, 0.1) is 10.5 Å². The molecule has 0 aliphatic carbocycles. The highest BCUT2D eigenvalue weighted by Crippen LogP contribution is 2.40. The molecular weight excluding hydrogens is 724 g/mol. The maximum atomic E-state index is 13.6. The molecule has 0 saturated carbocycles. The lowest BCUT2D eigenvalue weighted by Crippen LogP contribution is -2.21. The summed E-state index contributed by atoms with van der Waals surface area (Å²) in [5.41, 5.74) is 7.29. The molecule has 0 aromatic heterocycles. The summed E-state index contributed by atoms with van der Waals surface area (Å²) in [5.74, 6) is -3.11. The van der Waals surface area contributed by atoms with E-state index in [0.717, 1.165) is 32.3 Å². The average molecular weight is 752 g/mol. The van der Waals surface area contributed by atoms with E-state index >= 15 is 0 Å². The number of amidine groups is 1. The van der Waals surface area contributed by atoms with Crippen molar-refractivity contribution in [1.82, 2.24) is 0 Å². The van der Waals surface area contributed by atoms with Gasteiger partial charge in [0.2, 0.25) is 0 Å². The van der Waals surface area contributed by atoms with Gasteiger partial charge in [-0.05, 0) is 93.0 Å². The summed E-state index contributed by atoms with van der Waals surface area (Å²) in [4.78, 5) is 21.6. The number of carbonyl (C=O) groups is 2. The number of rotatable bonds is 8. The molecule has 7 aromatic rings. The number of nitrogen functional groups attached to an aromatic ring is 1. The van der Waals surface area contributed by atoms with Gasteiger partial charge in [-0.1, -0.05) is 72.8 Å². The Bertz CT molecular complexity index is 2740. The van der Waals surface area contributed by atoms with E-state index in [4.69, 9.17) is 25.8 Å². The first-order chi connectivity index (χ1) is 25.6. The van der Waals surface area contributed by atoms with Crippen LogP contribution in [-0.4, -0.2) is 42.6 Å². The SMILES string of the molecule is N=C(N)c1ccc2cc(Oc3ccc(NS(=O)(=O)c4ccc5ccccc5c4)cc3-c3cc4ccccc4cc3C(=O)O)ccc2c1.O=C(O)C(F)(F)F. The van der Waals surface area contributed by atoms with Gasteiger partial charge < -0.3 is 20.7 Å². The summed E-state index contributed by atoms with van der Waals surface area (Å²) in [5, 5.41) is 30.1. The molecule has 0 saturated heterocycles. The number of hydrogen-bond donors (Lipinski definition) is 5. The van der Waals surface area contributed by atoms with Gasteiger partial charge in [0.25, 0.3) is 10.0 Å². The summed E-state index contributed by atoms with van der Waals surface area (Å²) >= 11 is 0. The van der Waals surface area contributed by atoms with Crippen LogP contribution in [0.1, 0.15) is 15.9 Å². The minimum Gasteiger partial charge on any atom is -0.478 e. The zero-order valence-corrected chi connectivity index (χ0v) is 28.6. The lowest BCUT2D eigenvalue weighted by molar-refractivity contribution is -0.192. The van der Waals surface area contributed by atoms with E-state index in [2.05, 4.69) is 4.72 Å². The third-order valence-electron chi connectivity index (χ3n) is 8.26. The molecule has 0 aliphatic heterocycles. The number of nitrogens with two attached hydrogens (primary N) is 1. The fourth-order valence-electron chi connectivity index (χ4n) is 5.66. The summed E-state index contributed by atoms with van der Waals surface area (Å²) in [6.07, 6.45) is -5.08. The highest BCUT2D eigenvalue weighted by molar-refractivity contribution is 7.92. The molecule has 7 aromatic carbocycles. The first-order valence-corrected chi connectivity index (χ1v) is 17.4. The summed E-state index contributed by atoms with van der Waals surface area (Å²) in [7, 11) is -4.00. The molecule has 0 aliphatic rings. The fraction of sp³-hybridized carbons (Fsp3) is 0.0250. The number of aromatic carboxylic acids is 1. The number of alkyl halides is 3. The molecular formula is C40H28F3N3O7S. The van der Waals surface area contributed by atoms with Crippen LogP contribution in [0.5, 0.6) is 11.5 Å². The Kier molecular flexibility index (Phi) is 9.96. The molecule has 0 spiro atoms. The van der Waals surface area contributed by atoms with Gasteiger partial charge in [-0.15, -0.1) is 0 Å². The van der Waals surface area contributed by atoms with Crippen molar-refractivity contribution >= 4 is 65.8 Å². The Morgan fingerprint density at radius 2 is 1.22 bits per heavy atom. The molecule has 14 heteroatoms. The number of ether oxygens (including phenoxy) is 1. The second-order valence-corrected chi connectivity index (χ2v) is 13.6. The van der Waals surface area contributed by atoms with Crippen LogP contribution < -0.4 is 15.2 Å². The molecule has 272 valence electrons. The molecule has 0 heterocycles. The van der Waals surface area contributed by atoms with Crippen LogP contribution in [0.4, 0.5) is 18.9 Å². The number of anilines is 1. The van der Waals surface area contributed by atoms with Crippen LogP contribution in [0.3, 0.4) is 0 Å². The van der Waals surface area contributed by atoms with Crippen molar-refractivity contribution < 1.29 is 46.1 Å². The molecule has 0 atom stereocenters. The summed E-state index contributed by atoms with van der Waals surface area (Å²) < 4.78 is 67.9. The van der Waals surface area contributed by atoms with E-state index < -0.39 is 28.1 Å². The van der Waals surface area contributed by atoms with E-state index in [9.17, 15) is 31.5 Å². The zero-order chi connectivity index (χ0) is 38.8. The molecule has 0 radical (unpaired) electrons. The molecule has 0 unspecified atom stereocenters. The van der Waals surface area contributed by atoms with Crippen molar-refractivity contribution in [2.45, 2.75) is 11.1 Å². The van der Waals surface area contributed by atoms with Crippen molar-refractivity contribution in [3.05, 3.63) is 145 Å². The Balaban J connectivity index is 0.000000649. The number of halogens is 3. The van der Waals surface area contributed by atoms with Crippen molar-refractivity contribution in [1.29, 1.82) is 5.41 Å². The van der Waals surface area contributed by atoms with Gasteiger partial charge in [0.1, 0.15) is 17.3 Å². The number of fused-ring (bicyclic) bond motifs is 3. The second-order valence-electron chi connectivity index (χ2n) is 11.9. The quantitative estimate of drug-likeness (QED) is 0.0754. The van der Waals surface area contributed by atoms with E-state index in [1.54, 1.807) is 60.7 Å². The van der Waals surface area contributed by atoms with Crippen molar-refractivity contribution in [3.8, 4) is 22.6 Å². The minimum absolute atomic E-state index is 0.0298. The highest BCUT2D eigenvalue weighted by atomic mass is 32.2. The lowest BCUT2D eigenvalue weighted by atomic mass is 9.94. The number of aliphatic carboxylic acids is 1. The molecule has 0 amide bonds. The number of hydrogen-bond acceptors (Lipinski definition) is 6. The monoisotopic (exact) mass is 751 g/mol. The van der Waals surface area contributed by atoms with Crippen LogP contribution in [0, 0.1) is 5.41 Å². The van der Waals surface area contributed by atoms with Crippen LogP contribution in [0.25, 0.3) is 43.4 Å². The standard InChI is InChI=1S/C38H27N3O5S.C2HF3O2/c39-37(40)29-10-9-28-18-31(14-11-27(28)17-29)46-36-16-13-30(41-47(44,45)32-15-12-23-5-1-2-6-24(23)19-32)22-34(36)33-20-25-7-3-4-8-26(25)21-35(33)38(42)43;3-2(4,5)1(6)7/h1-22,41H,(H3,39,40)(H,42,43);(H,6,7). The van der Waals surface area contributed by atoms with E-state index in [1.807, 2.05) is 72.8 Å². The van der Waals surface area contributed by atoms with Crippen molar-refractivity contribution in [3.63, 3.8) is 0 Å². The first-order valence-electron chi connectivity index (χ1n) is 15.9. The molecule has 0 bridgehead atoms. The van der Waals surface area contributed by atoms with Crippen LogP contribution in [0.15, 0.2) is 138 Å². The Morgan fingerprint density at radius 1 is 0.667 bits per heavy atom. The number of benzene rings is 7. The zero-order valence-electron chi connectivity index (χ0n) is 27.8. The van der Waals surface area contributed by atoms with Crippen LogP contribution in [-0.2, 0) is 14.8 Å². The largest absolute Gasteiger partial charge is 0.490 e. The summed E-state index contributed by atoms with van der Waals surface area (Å²) in [6.45, 7) is 0. The van der Waals surface area contributed by atoms with Gasteiger partial charge in [-0.2, -0.15) is 13.2 Å². The smallest absolute Gasteiger partial charge is 0.478 e. The van der Waals surface area contributed by atoms with Gasteiger partial charge in [-0.3, -0.25) is 10.1 Å². The van der Waals surface area contributed by atoms with Gasteiger partial charge in [-0.25, -0.2) is 18.0 Å². The Labute approximate surface area is 305 Å². The predicted octanol–water partition coefficient (Wildman–Crippen LogP) is 9.02. The summed E-state index contributed by atoms with van der Waals surface area (Å²) in [6, 6.07) is 38.9. The van der Waals surface area contributed by atoms with E-state index in [0.29, 0.717) is 28.2 Å². The lowest BCUT2D eigenvalue weighted by Gasteiger charge is -2.17. The molecule has 54 heavy (non-hydrogen) atoms. The average Bonchev–Trinajstić information content (AvgIpc) is 3.14. The Morgan fingerprint density at radius 3 is 1.85 bits per heavy atom. The number of carboxylic acids is 2. The van der Waals surface area contributed by atoms with Gasteiger partial charge in [0.15, 0.2) is 0 Å². The Hall–Kier alpha value is -6.93. The molecule has 6 N–H and O–H groups in total. The number of nitrogens with one attached hydrogen (secondary N) is 2. The van der Waals surface area contributed by atoms with Gasteiger partial charge >= 0.3 is 18.1 Å².